The topological polar surface area (TPSA) is 103 Å². The summed E-state index contributed by atoms with van der Waals surface area (Å²) in [6.07, 6.45) is 1.19. The summed E-state index contributed by atoms with van der Waals surface area (Å²) in [4.78, 5) is 14.2. The fourth-order valence-electron chi connectivity index (χ4n) is 2.01. The van der Waals surface area contributed by atoms with E-state index in [9.17, 15) is 10.1 Å². The summed E-state index contributed by atoms with van der Waals surface area (Å²) in [5, 5.41) is 13.8. The number of hydrogen-bond donors (Lipinski definition) is 2. The monoisotopic (exact) mass is 252 g/mol. The molecule has 0 bridgehead atoms. The van der Waals surface area contributed by atoms with Crippen molar-refractivity contribution in [2.45, 2.75) is 19.4 Å². The summed E-state index contributed by atoms with van der Waals surface area (Å²) >= 11 is 0. The summed E-state index contributed by atoms with van der Waals surface area (Å²) in [5.41, 5.74) is 5.47. The van der Waals surface area contributed by atoms with Gasteiger partial charge in [0, 0.05) is 19.1 Å². The van der Waals surface area contributed by atoms with Crippen molar-refractivity contribution in [1.82, 2.24) is 4.98 Å². The van der Waals surface area contributed by atoms with Crippen LogP contribution >= 0.6 is 0 Å². The van der Waals surface area contributed by atoms with Crippen LogP contribution in [0, 0.1) is 16.0 Å². The Labute approximate surface area is 104 Å². The van der Waals surface area contributed by atoms with Crippen LogP contribution in [0.25, 0.3) is 0 Å². The van der Waals surface area contributed by atoms with Crippen LogP contribution in [0.5, 0.6) is 0 Å². The number of ether oxygens (including phenoxy) is 1. The van der Waals surface area contributed by atoms with Crippen LogP contribution in [-0.4, -0.2) is 29.2 Å². The Bertz CT molecular complexity index is 452. The molecule has 2 atom stereocenters. The van der Waals surface area contributed by atoms with Gasteiger partial charge < -0.3 is 15.8 Å². The van der Waals surface area contributed by atoms with Gasteiger partial charge in [-0.05, 0) is 13.3 Å². The SMILES string of the molecule is CC1OCCC1CNc1cc([N+](=O)[O-])cc(N)n1. The number of nitrogens with zero attached hydrogens (tertiary/aromatic N) is 2. The summed E-state index contributed by atoms with van der Waals surface area (Å²) < 4.78 is 5.45. The lowest BCUT2D eigenvalue weighted by Crippen LogP contribution is -2.21. The van der Waals surface area contributed by atoms with Crippen molar-refractivity contribution in [2.24, 2.45) is 5.92 Å². The van der Waals surface area contributed by atoms with Gasteiger partial charge in [0.05, 0.1) is 23.2 Å². The van der Waals surface area contributed by atoms with E-state index in [0.717, 1.165) is 13.0 Å². The third kappa shape index (κ3) is 2.86. The number of nitrogens with one attached hydrogen (secondary N) is 1. The lowest BCUT2D eigenvalue weighted by molar-refractivity contribution is -0.384. The number of hydrogen-bond acceptors (Lipinski definition) is 6. The van der Waals surface area contributed by atoms with Gasteiger partial charge in [-0.2, -0.15) is 0 Å². The molecule has 3 N–H and O–H groups in total. The number of nitrogen functional groups attached to an aromatic ring is 1. The summed E-state index contributed by atoms with van der Waals surface area (Å²) in [6.45, 7) is 3.46. The Kier molecular flexibility index (Phi) is 3.61. The lowest BCUT2D eigenvalue weighted by Gasteiger charge is -2.15. The van der Waals surface area contributed by atoms with Crippen LogP contribution in [0.3, 0.4) is 0 Å². The molecule has 1 aliphatic heterocycles. The molecule has 1 aliphatic rings. The lowest BCUT2D eigenvalue weighted by atomic mass is 10.0. The second kappa shape index (κ2) is 5.18. The first kappa shape index (κ1) is 12.6. The van der Waals surface area contributed by atoms with E-state index in [2.05, 4.69) is 10.3 Å². The van der Waals surface area contributed by atoms with Crippen LogP contribution in [0.1, 0.15) is 13.3 Å². The highest BCUT2D eigenvalue weighted by Crippen LogP contribution is 2.22. The van der Waals surface area contributed by atoms with Gasteiger partial charge in [-0.3, -0.25) is 10.1 Å². The molecule has 1 saturated heterocycles. The first-order chi connectivity index (χ1) is 8.56. The largest absolute Gasteiger partial charge is 0.383 e. The molecule has 7 nitrogen and oxygen atoms in total. The predicted molar refractivity (Wildman–Crippen MR) is 67.3 cm³/mol. The number of nitrogens with two attached hydrogens (primary N) is 1. The molecule has 0 saturated carbocycles. The van der Waals surface area contributed by atoms with E-state index < -0.39 is 4.92 Å². The third-order valence-electron chi connectivity index (χ3n) is 3.12. The molecule has 0 spiro atoms. The molecule has 1 fully saturated rings. The van der Waals surface area contributed by atoms with E-state index in [1.54, 1.807) is 0 Å². The van der Waals surface area contributed by atoms with E-state index >= 15 is 0 Å². The van der Waals surface area contributed by atoms with Gasteiger partial charge in [0.1, 0.15) is 11.6 Å². The Hall–Kier alpha value is -1.89. The average Bonchev–Trinajstić information content (AvgIpc) is 2.71. The molecular formula is C11H16N4O3. The van der Waals surface area contributed by atoms with Crippen molar-refractivity contribution in [3.63, 3.8) is 0 Å². The Morgan fingerprint density at radius 1 is 1.67 bits per heavy atom. The van der Waals surface area contributed by atoms with Gasteiger partial charge in [-0.15, -0.1) is 0 Å². The van der Waals surface area contributed by atoms with Crippen LogP contribution in [0.2, 0.25) is 0 Å². The van der Waals surface area contributed by atoms with E-state index in [-0.39, 0.29) is 17.6 Å². The van der Waals surface area contributed by atoms with E-state index in [4.69, 9.17) is 10.5 Å². The van der Waals surface area contributed by atoms with Crippen molar-refractivity contribution < 1.29 is 9.66 Å². The maximum Gasteiger partial charge on any atom is 0.276 e. The molecule has 7 heteroatoms. The molecule has 0 aromatic carbocycles. The number of rotatable bonds is 4. The van der Waals surface area contributed by atoms with Crippen molar-refractivity contribution in [1.29, 1.82) is 0 Å². The van der Waals surface area contributed by atoms with Crippen molar-refractivity contribution >= 4 is 17.3 Å². The Morgan fingerprint density at radius 3 is 3.06 bits per heavy atom. The molecule has 2 rings (SSSR count). The van der Waals surface area contributed by atoms with Crippen molar-refractivity contribution in [3.8, 4) is 0 Å². The van der Waals surface area contributed by atoms with Gasteiger partial charge >= 0.3 is 0 Å². The summed E-state index contributed by atoms with van der Waals surface area (Å²) in [7, 11) is 0. The maximum absolute atomic E-state index is 10.7. The second-order valence-electron chi connectivity index (χ2n) is 4.40. The normalized spacial score (nSPS) is 22.9. The van der Waals surface area contributed by atoms with E-state index in [1.807, 2.05) is 6.92 Å². The van der Waals surface area contributed by atoms with E-state index in [0.29, 0.717) is 18.3 Å². The standard InChI is InChI=1S/C11H16N4O3/c1-7-8(2-3-18-7)6-13-11-5-9(15(16)17)4-10(12)14-11/h4-5,7-8H,2-3,6H2,1H3,(H3,12,13,14). The minimum Gasteiger partial charge on any atom is -0.383 e. The minimum atomic E-state index is -0.482. The molecular weight excluding hydrogens is 236 g/mol. The maximum atomic E-state index is 10.7. The minimum absolute atomic E-state index is 0.0549. The van der Waals surface area contributed by atoms with Crippen LogP contribution in [0.4, 0.5) is 17.3 Å². The fraction of sp³-hybridized carbons (Fsp3) is 0.545. The molecule has 98 valence electrons. The molecule has 2 unspecified atom stereocenters. The number of aromatic nitrogens is 1. The van der Waals surface area contributed by atoms with Crippen molar-refractivity contribution in [3.05, 3.63) is 22.2 Å². The summed E-state index contributed by atoms with van der Waals surface area (Å²) in [6, 6.07) is 2.63. The molecule has 0 aliphatic carbocycles. The number of pyridine rings is 1. The second-order valence-corrected chi connectivity index (χ2v) is 4.40. The van der Waals surface area contributed by atoms with Gasteiger partial charge in [-0.1, -0.05) is 0 Å². The highest BCUT2D eigenvalue weighted by molar-refractivity contribution is 5.52. The zero-order valence-electron chi connectivity index (χ0n) is 10.1. The quantitative estimate of drug-likeness (QED) is 0.620. The average molecular weight is 252 g/mol. The molecule has 0 amide bonds. The van der Waals surface area contributed by atoms with Crippen molar-refractivity contribution in [2.75, 3.05) is 24.2 Å². The highest BCUT2D eigenvalue weighted by Gasteiger charge is 2.24. The molecule has 1 aromatic heterocycles. The number of anilines is 2. The molecule has 1 aromatic rings. The highest BCUT2D eigenvalue weighted by atomic mass is 16.6. The first-order valence-corrected chi connectivity index (χ1v) is 5.83. The zero-order chi connectivity index (χ0) is 13.1. The zero-order valence-corrected chi connectivity index (χ0v) is 10.1. The summed E-state index contributed by atoms with van der Waals surface area (Å²) in [5.74, 6) is 0.968. The van der Waals surface area contributed by atoms with E-state index in [1.165, 1.54) is 12.1 Å². The molecule has 18 heavy (non-hydrogen) atoms. The Morgan fingerprint density at radius 2 is 2.44 bits per heavy atom. The smallest absolute Gasteiger partial charge is 0.276 e. The number of nitro groups is 1. The first-order valence-electron chi connectivity index (χ1n) is 5.83. The van der Waals surface area contributed by atoms with Gasteiger partial charge in [0.2, 0.25) is 0 Å². The van der Waals surface area contributed by atoms with Gasteiger partial charge in [0.25, 0.3) is 5.69 Å². The van der Waals surface area contributed by atoms with Gasteiger partial charge in [-0.25, -0.2) is 4.98 Å². The Balaban J connectivity index is 2.02. The van der Waals surface area contributed by atoms with Crippen LogP contribution in [-0.2, 0) is 4.74 Å². The fourth-order valence-corrected chi connectivity index (χ4v) is 2.01. The van der Waals surface area contributed by atoms with Crippen LogP contribution < -0.4 is 11.1 Å². The molecule has 2 heterocycles. The third-order valence-corrected chi connectivity index (χ3v) is 3.12. The predicted octanol–water partition coefficient (Wildman–Crippen LogP) is 1.41. The van der Waals surface area contributed by atoms with Crippen LogP contribution in [0.15, 0.2) is 12.1 Å². The molecule has 0 radical (unpaired) electrons. The van der Waals surface area contributed by atoms with Gasteiger partial charge in [0.15, 0.2) is 0 Å².